The number of amides is 1. The van der Waals surface area contributed by atoms with Gasteiger partial charge in [0.1, 0.15) is 0 Å². The number of aryl methyl sites for hydroxylation is 1. The first-order chi connectivity index (χ1) is 9.03. The van der Waals surface area contributed by atoms with E-state index < -0.39 is 5.54 Å². The van der Waals surface area contributed by atoms with Crippen molar-refractivity contribution in [3.63, 3.8) is 0 Å². The highest BCUT2D eigenvalue weighted by Crippen LogP contribution is 2.29. The average Bonchev–Trinajstić information content (AvgIpc) is 2.39. The summed E-state index contributed by atoms with van der Waals surface area (Å²) in [7, 11) is 0. The molecule has 1 heterocycles. The minimum absolute atomic E-state index is 0.125. The van der Waals surface area contributed by atoms with Crippen LogP contribution in [-0.4, -0.2) is 21.4 Å². The molecule has 0 atom stereocenters. The molecule has 3 N–H and O–H groups in total. The van der Waals surface area contributed by atoms with Crippen molar-refractivity contribution >= 4 is 23.1 Å². The Balaban J connectivity index is 2.18. The van der Waals surface area contributed by atoms with Crippen molar-refractivity contribution in [1.29, 1.82) is 0 Å². The summed E-state index contributed by atoms with van der Waals surface area (Å²) < 4.78 is 0. The van der Waals surface area contributed by atoms with E-state index in [1.807, 2.05) is 6.92 Å². The molecular weight excluding hydrogens is 258 g/mol. The molecule has 1 aromatic rings. The number of carbonyl (C=O) groups is 1. The largest absolute Gasteiger partial charge is 0.391 e. The molecular formula is C14H19N3OS. The van der Waals surface area contributed by atoms with Crippen molar-refractivity contribution in [2.75, 3.05) is 0 Å². The Morgan fingerprint density at radius 3 is 2.68 bits per heavy atom. The first kappa shape index (κ1) is 13.9. The number of nitrogens with two attached hydrogens (primary N) is 1. The number of nitrogens with zero attached hydrogens (tertiary/aromatic N) is 1. The van der Waals surface area contributed by atoms with Gasteiger partial charge in [-0.3, -0.25) is 9.78 Å². The molecule has 1 aliphatic carbocycles. The van der Waals surface area contributed by atoms with Crippen LogP contribution in [0.2, 0.25) is 0 Å². The number of hydrogen-bond donors (Lipinski definition) is 2. The smallest absolute Gasteiger partial charge is 0.252 e. The summed E-state index contributed by atoms with van der Waals surface area (Å²) in [6.45, 7) is 1.86. The van der Waals surface area contributed by atoms with Gasteiger partial charge in [-0.2, -0.15) is 0 Å². The zero-order valence-electron chi connectivity index (χ0n) is 11.1. The zero-order valence-corrected chi connectivity index (χ0v) is 11.9. The molecule has 4 nitrogen and oxygen atoms in total. The molecule has 0 bridgehead atoms. The molecule has 1 aromatic heterocycles. The van der Waals surface area contributed by atoms with Crippen LogP contribution in [0, 0.1) is 6.92 Å². The predicted octanol–water partition coefficient (Wildman–Crippen LogP) is 2.11. The molecule has 19 heavy (non-hydrogen) atoms. The summed E-state index contributed by atoms with van der Waals surface area (Å²) in [5, 5.41) is 3.04. The lowest BCUT2D eigenvalue weighted by molar-refractivity contribution is 0.0908. The van der Waals surface area contributed by atoms with Gasteiger partial charge in [-0.05, 0) is 31.9 Å². The normalized spacial score (nSPS) is 17.7. The first-order valence-electron chi connectivity index (χ1n) is 6.59. The Morgan fingerprint density at radius 2 is 2.11 bits per heavy atom. The van der Waals surface area contributed by atoms with Gasteiger partial charge in [0.05, 0.1) is 10.5 Å². The number of aromatic nitrogens is 1. The van der Waals surface area contributed by atoms with Crippen molar-refractivity contribution in [1.82, 2.24) is 10.3 Å². The quantitative estimate of drug-likeness (QED) is 0.830. The molecule has 0 radical (unpaired) electrons. The van der Waals surface area contributed by atoms with Crippen LogP contribution >= 0.6 is 12.2 Å². The highest BCUT2D eigenvalue weighted by Gasteiger charge is 2.36. The van der Waals surface area contributed by atoms with Crippen LogP contribution in [0.25, 0.3) is 0 Å². The number of nitrogens with one attached hydrogen (secondary N) is 1. The van der Waals surface area contributed by atoms with Crippen LogP contribution in [-0.2, 0) is 0 Å². The van der Waals surface area contributed by atoms with Gasteiger partial charge in [-0.1, -0.05) is 31.5 Å². The third-order valence-corrected chi connectivity index (χ3v) is 4.08. The van der Waals surface area contributed by atoms with E-state index in [1.165, 1.54) is 6.42 Å². The third-order valence-electron chi connectivity index (χ3n) is 3.69. The Hall–Kier alpha value is -1.49. The molecule has 1 amide bonds. The number of pyridine rings is 1. The highest BCUT2D eigenvalue weighted by atomic mass is 32.1. The van der Waals surface area contributed by atoms with Crippen molar-refractivity contribution in [2.24, 2.45) is 5.73 Å². The maximum Gasteiger partial charge on any atom is 0.252 e. The minimum Gasteiger partial charge on any atom is -0.391 e. The van der Waals surface area contributed by atoms with E-state index in [-0.39, 0.29) is 5.91 Å². The number of thiocarbonyl (C=S) groups is 1. The molecule has 2 rings (SSSR count). The van der Waals surface area contributed by atoms with Crippen LogP contribution < -0.4 is 11.1 Å². The summed E-state index contributed by atoms with van der Waals surface area (Å²) in [4.78, 5) is 16.8. The summed E-state index contributed by atoms with van der Waals surface area (Å²) in [6, 6.07) is 3.48. The van der Waals surface area contributed by atoms with Crippen molar-refractivity contribution in [3.8, 4) is 0 Å². The standard InChI is InChI=1S/C14H19N3OS/c1-10-9-11(5-8-16-10)12(18)17-14(13(15)19)6-3-2-4-7-14/h5,8-9H,2-4,6-7H2,1H3,(H2,15,19)(H,17,18). The Kier molecular flexibility index (Phi) is 4.14. The van der Waals surface area contributed by atoms with E-state index in [4.69, 9.17) is 18.0 Å². The van der Waals surface area contributed by atoms with Crippen LogP contribution in [0.1, 0.15) is 48.2 Å². The molecule has 1 saturated carbocycles. The third kappa shape index (κ3) is 3.10. The van der Waals surface area contributed by atoms with E-state index in [1.54, 1.807) is 18.3 Å². The van der Waals surface area contributed by atoms with Gasteiger partial charge in [0.15, 0.2) is 0 Å². The van der Waals surface area contributed by atoms with Crippen LogP contribution in [0.3, 0.4) is 0 Å². The van der Waals surface area contributed by atoms with E-state index in [2.05, 4.69) is 10.3 Å². The van der Waals surface area contributed by atoms with Crippen molar-refractivity contribution < 1.29 is 4.79 Å². The molecule has 1 aliphatic rings. The fourth-order valence-electron chi connectivity index (χ4n) is 2.56. The van der Waals surface area contributed by atoms with Crippen LogP contribution in [0.15, 0.2) is 18.3 Å². The molecule has 0 saturated heterocycles. The topological polar surface area (TPSA) is 68.0 Å². The van der Waals surface area contributed by atoms with Gasteiger partial charge < -0.3 is 11.1 Å². The lowest BCUT2D eigenvalue weighted by Crippen LogP contribution is -2.57. The van der Waals surface area contributed by atoms with Crippen molar-refractivity contribution in [2.45, 2.75) is 44.6 Å². The minimum atomic E-state index is -0.512. The summed E-state index contributed by atoms with van der Waals surface area (Å²) in [6.07, 6.45) is 6.57. The predicted molar refractivity (Wildman–Crippen MR) is 79.0 cm³/mol. The van der Waals surface area contributed by atoms with Crippen LogP contribution in [0.4, 0.5) is 0 Å². The zero-order chi connectivity index (χ0) is 13.9. The molecule has 0 spiro atoms. The second-order valence-electron chi connectivity index (χ2n) is 5.15. The van der Waals surface area contributed by atoms with Gasteiger partial charge in [0, 0.05) is 17.5 Å². The average molecular weight is 277 g/mol. The second-order valence-corrected chi connectivity index (χ2v) is 5.59. The summed E-state index contributed by atoms with van der Waals surface area (Å²) in [5.41, 5.74) is 6.78. The number of rotatable bonds is 3. The second kappa shape index (κ2) is 5.65. The fourth-order valence-corrected chi connectivity index (χ4v) is 2.82. The summed E-state index contributed by atoms with van der Waals surface area (Å²) in [5.74, 6) is -0.125. The molecule has 1 fully saturated rings. The molecule has 0 aromatic carbocycles. The van der Waals surface area contributed by atoms with E-state index in [9.17, 15) is 4.79 Å². The maximum atomic E-state index is 12.3. The lowest BCUT2D eigenvalue weighted by Gasteiger charge is -2.37. The van der Waals surface area contributed by atoms with Gasteiger partial charge in [-0.25, -0.2) is 0 Å². The Labute approximate surface area is 118 Å². The van der Waals surface area contributed by atoms with E-state index in [0.29, 0.717) is 10.6 Å². The van der Waals surface area contributed by atoms with Gasteiger partial charge >= 0.3 is 0 Å². The first-order valence-corrected chi connectivity index (χ1v) is 6.99. The SMILES string of the molecule is Cc1cc(C(=O)NC2(C(N)=S)CCCCC2)ccn1. The Bertz CT molecular complexity index is 495. The lowest BCUT2D eigenvalue weighted by atomic mass is 9.81. The summed E-state index contributed by atoms with van der Waals surface area (Å²) >= 11 is 5.17. The highest BCUT2D eigenvalue weighted by molar-refractivity contribution is 7.80. The van der Waals surface area contributed by atoms with Gasteiger partial charge in [0.25, 0.3) is 5.91 Å². The van der Waals surface area contributed by atoms with E-state index in [0.717, 1.165) is 31.4 Å². The molecule has 0 aliphatic heterocycles. The molecule has 102 valence electrons. The molecule has 0 unspecified atom stereocenters. The number of hydrogen-bond acceptors (Lipinski definition) is 3. The Morgan fingerprint density at radius 1 is 1.42 bits per heavy atom. The van der Waals surface area contributed by atoms with E-state index >= 15 is 0 Å². The molecule has 5 heteroatoms. The van der Waals surface area contributed by atoms with Crippen molar-refractivity contribution in [3.05, 3.63) is 29.6 Å². The van der Waals surface area contributed by atoms with Gasteiger partial charge in [-0.15, -0.1) is 0 Å². The van der Waals surface area contributed by atoms with Crippen LogP contribution in [0.5, 0.6) is 0 Å². The fraction of sp³-hybridized carbons (Fsp3) is 0.500. The number of carbonyl (C=O) groups excluding carboxylic acids is 1. The monoisotopic (exact) mass is 277 g/mol. The maximum absolute atomic E-state index is 12.3. The van der Waals surface area contributed by atoms with Gasteiger partial charge in [0.2, 0.25) is 0 Å².